The molecule has 0 aromatic carbocycles. The number of ether oxygens (including phenoxy) is 2. The van der Waals surface area contributed by atoms with Gasteiger partial charge in [0.2, 0.25) is 0 Å². The lowest BCUT2D eigenvalue weighted by atomic mass is 9.92. The van der Waals surface area contributed by atoms with E-state index in [0.29, 0.717) is 56.8 Å². The second kappa shape index (κ2) is 23.3. The number of amides is 1. The van der Waals surface area contributed by atoms with Gasteiger partial charge in [0.05, 0.1) is 30.8 Å². The van der Waals surface area contributed by atoms with Crippen LogP contribution in [0.25, 0.3) is 0 Å². The number of esters is 1. The Bertz CT molecular complexity index is 888. The molecule has 44 heavy (non-hydrogen) atoms. The van der Waals surface area contributed by atoms with Crippen molar-refractivity contribution in [3.05, 3.63) is 23.8 Å². The molecule has 0 aromatic rings. The van der Waals surface area contributed by atoms with E-state index in [2.05, 4.69) is 25.2 Å². The maximum absolute atomic E-state index is 12.8. The van der Waals surface area contributed by atoms with Gasteiger partial charge < -0.3 is 30.1 Å². The minimum atomic E-state index is -1.17. The van der Waals surface area contributed by atoms with Crippen LogP contribution in [0.4, 0.5) is 0 Å². The summed E-state index contributed by atoms with van der Waals surface area (Å²) in [4.78, 5) is 38.1. The highest BCUT2D eigenvalue weighted by molar-refractivity contribution is 5.84. The summed E-state index contributed by atoms with van der Waals surface area (Å²) >= 11 is 0. The lowest BCUT2D eigenvalue weighted by Gasteiger charge is -2.23. The normalized spacial score (nSPS) is 32.0. The fraction of sp³-hybridized carbons (Fsp3) is 0.800. The quantitative estimate of drug-likeness (QED) is 0.306. The topological polar surface area (TPSA) is 142 Å². The zero-order valence-corrected chi connectivity index (χ0v) is 28.0. The highest BCUT2D eigenvalue weighted by Crippen LogP contribution is 2.22. The summed E-state index contributed by atoms with van der Waals surface area (Å²) in [6, 6.07) is 0. The fourth-order valence-electron chi connectivity index (χ4n) is 5.63. The number of nitrogens with one attached hydrogen (secondary N) is 1. The van der Waals surface area contributed by atoms with Crippen molar-refractivity contribution in [2.75, 3.05) is 20.3 Å². The van der Waals surface area contributed by atoms with E-state index in [1.165, 1.54) is 0 Å². The first-order chi connectivity index (χ1) is 21.0. The number of carbonyl (C=O) groups is 3. The Morgan fingerprint density at radius 1 is 0.932 bits per heavy atom. The molecule has 1 rings (SSSR count). The van der Waals surface area contributed by atoms with Crippen LogP contribution in [-0.2, 0) is 23.9 Å². The van der Waals surface area contributed by atoms with Gasteiger partial charge in [-0.25, -0.2) is 0 Å². The molecule has 0 aliphatic carbocycles. The summed E-state index contributed by atoms with van der Waals surface area (Å²) in [5.74, 6) is -0.318. The van der Waals surface area contributed by atoms with Crippen LogP contribution in [-0.4, -0.2) is 77.7 Å². The van der Waals surface area contributed by atoms with E-state index in [4.69, 9.17) is 9.47 Å². The molecule has 0 radical (unpaired) electrons. The monoisotopic (exact) mass is 623 g/mol. The molecule has 0 spiro atoms. The zero-order chi connectivity index (χ0) is 32.9. The molecular formula is C35H61NO8. The van der Waals surface area contributed by atoms with Crippen LogP contribution < -0.4 is 5.32 Å². The third kappa shape index (κ3) is 17.4. The van der Waals surface area contributed by atoms with Crippen LogP contribution >= 0.6 is 0 Å². The van der Waals surface area contributed by atoms with Crippen LogP contribution in [0.3, 0.4) is 0 Å². The van der Waals surface area contributed by atoms with E-state index in [0.717, 1.165) is 44.1 Å². The molecular weight excluding hydrogens is 562 g/mol. The standard InChI is InChI=1S/C35H61NO8/c1-6-12-33-34(41)36-23-30(38)22-32(40)31(39)20-19-28(24-43-5)16-10-14-27(7-2)15-11-18-29(37)17-9-8-13-25(3)21-26(4)35(42)44-33/h10,14,16,25-27,30-33,38-40H,6-9,11-13,15,17-24H2,1-5H3,(H,36,41)/b14-10?,28-16+/t25-,26+,27+,30+,31-,32+,33+/m1/s1. The number of hydrogen-bond donors (Lipinski definition) is 4. The first-order valence-corrected chi connectivity index (χ1v) is 16.9. The van der Waals surface area contributed by atoms with Crippen molar-refractivity contribution in [1.29, 1.82) is 0 Å². The lowest BCUT2D eigenvalue weighted by Crippen LogP contribution is -2.43. The van der Waals surface area contributed by atoms with Crippen molar-refractivity contribution in [2.24, 2.45) is 17.8 Å². The molecule has 1 amide bonds. The number of rotatable bonds is 5. The van der Waals surface area contributed by atoms with Crippen LogP contribution in [0.2, 0.25) is 0 Å². The van der Waals surface area contributed by atoms with Gasteiger partial charge in [-0.2, -0.15) is 0 Å². The van der Waals surface area contributed by atoms with Gasteiger partial charge in [0.1, 0.15) is 5.78 Å². The summed E-state index contributed by atoms with van der Waals surface area (Å²) in [6.07, 6.45) is 10.9. The molecule has 9 nitrogen and oxygen atoms in total. The number of aliphatic hydroxyl groups is 3. The lowest BCUT2D eigenvalue weighted by molar-refractivity contribution is -0.160. The maximum Gasteiger partial charge on any atom is 0.309 e. The third-order valence-corrected chi connectivity index (χ3v) is 8.49. The number of methoxy groups -OCH3 is 1. The highest BCUT2D eigenvalue weighted by Gasteiger charge is 2.27. The SMILES string of the molecule is CCC[C@@H]1OC(=O)[C@@H](C)C[C@H](C)CCCCC(=O)CCC[C@@H](CC)C=C/C=C(/COC)CC[C@@H](O)[C@@H](O)C[C@H](O)CNC1=O. The maximum atomic E-state index is 12.8. The largest absolute Gasteiger partial charge is 0.452 e. The number of aliphatic hydroxyl groups excluding tert-OH is 3. The number of ketones is 1. The molecule has 0 saturated carbocycles. The predicted molar refractivity (Wildman–Crippen MR) is 173 cm³/mol. The molecule has 1 aliphatic heterocycles. The van der Waals surface area contributed by atoms with Crippen LogP contribution in [0.5, 0.6) is 0 Å². The van der Waals surface area contributed by atoms with Gasteiger partial charge in [-0.3, -0.25) is 14.4 Å². The number of hydrogen-bond acceptors (Lipinski definition) is 8. The molecule has 0 unspecified atom stereocenters. The van der Waals surface area contributed by atoms with Gasteiger partial charge in [0, 0.05) is 32.9 Å². The van der Waals surface area contributed by atoms with Gasteiger partial charge >= 0.3 is 5.97 Å². The second-order valence-corrected chi connectivity index (χ2v) is 12.8. The summed E-state index contributed by atoms with van der Waals surface area (Å²) in [7, 11) is 1.61. The molecule has 9 heteroatoms. The van der Waals surface area contributed by atoms with Crippen LogP contribution in [0, 0.1) is 17.8 Å². The molecule has 4 N–H and O–H groups in total. The molecule has 0 bridgehead atoms. The average molecular weight is 624 g/mol. The first kappa shape index (κ1) is 40.0. The minimum Gasteiger partial charge on any atom is -0.452 e. The zero-order valence-electron chi connectivity index (χ0n) is 28.0. The third-order valence-electron chi connectivity index (χ3n) is 8.49. The molecule has 0 fully saturated rings. The number of allylic oxidation sites excluding steroid dienone is 3. The summed E-state index contributed by atoms with van der Waals surface area (Å²) in [6.45, 7) is 8.21. The molecule has 0 saturated heterocycles. The van der Waals surface area contributed by atoms with Crippen molar-refractivity contribution in [1.82, 2.24) is 5.32 Å². The van der Waals surface area contributed by atoms with Gasteiger partial charge in [-0.1, -0.05) is 65.2 Å². The fourth-order valence-corrected chi connectivity index (χ4v) is 5.63. The van der Waals surface area contributed by atoms with E-state index in [-0.39, 0.29) is 31.2 Å². The molecule has 254 valence electrons. The van der Waals surface area contributed by atoms with E-state index in [1.807, 2.05) is 26.0 Å². The Labute approximate surface area is 265 Å². The molecule has 7 atom stereocenters. The van der Waals surface area contributed by atoms with E-state index < -0.39 is 36.3 Å². The smallest absolute Gasteiger partial charge is 0.309 e. The van der Waals surface area contributed by atoms with Crippen LogP contribution in [0.1, 0.15) is 118 Å². The Morgan fingerprint density at radius 2 is 1.66 bits per heavy atom. The van der Waals surface area contributed by atoms with E-state index in [9.17, 15) is 29.7 Å². The number of β-amino-alcohol motifs (C(OH)–C–C–N with tert-alkyl or cyclic N) is 1. The van der Waals surface area contributed by atoms with Crippen molar-refractivity contribution in [2.45, 2.75) is 142 Å². The average Bonchev–Trinajstić information content (AvgIpc) is 2.98. The molecule has 0 aromatic heterocycles. The Kier molecular flexibility index (Phi) is 21.2. The van der Waals surface area contributed by atoms with Gasteiger partial charge in [0.15, 0.2) is 6.10 Å². The van der Waals surface area contributed by atoms with E-state index >= 15 is 0 Å². The predicted octanol–water partition coefficient (Wildman–Crippen LogP) is 5.20. The Balaban J connectivity index is 2.96. The van der Waals surface area contributed by atoms with Crippen molar-refractivity contribution in [3.63, 3.8) is 0 Å². The molecule has 1 aliphatic rings. The Morgan fingerprint density at radius 3 is 2.34 bits per heavy atom. The number of carbonyl (C=O) groups excluding carboxylic acids is 3. The Hall–Kier alpha value is -2.07. The summed E-state index contributed by atoms with van der Waals surface area (Å²) in [5, 5.41) is 34.1. The molecule has 1 heterocycles. The van der Waals surface area contributed by atoms with E-state index in [1.54, 1.807) is 7.11 Å². The van der Waals surface area contributed by atoms with Gasteiger partial charge in [-0.05, 0) is 68.8 Å². The second-order valence-electron chi connectivity index (χ2n) is 12.8. The van der Waals surface area contributed by atoms with Crippen molar-refractivity contribution >= 4 is 17.7 Å². The van der Waals surface area contributed by atoms with Crippen LogP contribution in [0.15, 0.2) is 23.8 Å². The highest BCUT2D eigenvalue weighted by atomic mass is 16.5. The van der Waals surface area contributed by atoms with Crippen molar-refractivity contribution < 1.29 is 39.2 Å². The number of Topliss-reactive ketones (excluding diaryl/α,β-unsaturated/α-hetero) is 1. The van der Waals surface area contributed by atoms with Gasteiger partial charge in [-0.15, -0.1) is 0 Å². The van der Waals surface area contributed by atoms with Gasteiger partial charge in [0.25, 0.3) is 5.91 Å². The van der Waals surface area contributed by atoms with Crippen molar-refractivity contribution in [3.8, 4) is 0 Å². The summed E-state index contributed by atoms with van der Waals surface area (Å²) < 4.78 is 10.9. The number of cyclic esters (lactones) is 1. The first-order valence-electron chi connectivity index (χ1n) is 16.9. The summed E-state index contributed by atoms with van der Waals surface area (Å²) in [5.41, 5.74) is 0.973. The minimum absolute atomic E-state index is 0.113.